The normalized spacial score (nSPS) is 18.1. The first-order valence-electron chi connectivity index (χ1n) is 11.6. The average Bonchev–Trinajstić information content (AvgIpc) is 3.15. The number of nitrogens with zero attached hydrogens (tertiary/aromatic N) is 3. The third-order valence-electron chi connectivity index (χ3n) is 6.69. The molecule has 0 N–H and O–H groups in total. The first-order valence-corrected chi connectivity index (χ1v) is 12.4. The number of pyridine rings is 1. The summed E-state index contributed by atoms with van der Waals surface area (Å²) in [5.74, 6) is 0. The monoisotopic (exact) mass is 430 g/mol. The van der Waals surface area contributed by atoms with Crippen molar-refractivity contribution in [2.24, 2.45) is 7.05 Å². The topological polar surface area (TPSA) is 10.4 Å². The Labute approximate surface area is 190 Å². The summed E-state index contributed by atoms with van der Waals surface area (Å²) in [7, 11) is 2.15. The molecular formula is C27H32N3S+. The molecule has 0 saturated carbocycles. The zero-order chi connectivity index (χ0) is 21.2. The highest BCUT2D eigenvalue weighted by atomic mass is 32.2. The van der Waals surface area contributed by atoms with Gasteiger partial charge in [0.05, 0.1) is 16.1 Å². The van der Waals surface area contributed by atoms with Gasteiger partial charge in [-0.2, -0.15) is 4.57 Å². The van der Waals surface area contributed by atoms with Gasteiger partial charge in [0.25, 0.3) is 0 Å². The van der Waals surface area contributed by atoms with E-state index < -0.39 is 0 Å². The lowest BCUT2D eigenvalue weighted by atomic mass is 10.1. The van der Waals surface area contributed by atoms with Gasteiger partial charge in [0.1, 0.15) is 7.05 Å². The summed E-state index contributed by atoms with van der Waals surface area (Å²) in [6, 6.07) is 19.9. The van der Waals surface area contributed by atoms with E-state index in [-0.39, 0.29) is 0 Å². The third-order valence-corrected chi connectivity index (χ3v) is 7.80. The number of fused-ring (bicyclic) bond motifs is 2. The van der Waals surface area contributed by atoms with Crippen LogP contribution in [0.1, 0.15) is 36.9 Å². The second-order valence-electron chi connectivity index (χ2n) is 8.78. The Balaban J connectivity index is 1.45. The number of hydrogen-bond acceptors (Lipinski definition) is 3. The van der Waals surface area contributed by atoms with Crippen LogP contribution in [0.5, 0.6) is 0 Å². The quantitative estimate of drug-likeness (QED) is 0.477. The number of benzene rings is 2. The van der Waals surface area contributed by atoms with Crippen LogP contribution in [0.3, 0.4) is 0 Å². The standard InChI is InChI=1S/C27H32N3S/c1-21-19-22(23-11-4-5-12-24(23)28(21)2)20-27-30(25-13-6-7-14-26(25)31-27)18-10-17-29-15-8-3-9-16-29/h4-7,11-14,19-20H,3,8-10,15-18H2,1-2H3/q+1. The Kier molecular flexibility index (Phi) is 6.02. The lowest BCUT2D eigenvalue weighted by Gasteiger charge is -2.28. The summed E-state index contributed by atoms with van der Waals surface area (Å²) < 4.78 is 2.28. The highest BCUT2D eigenvalue weighted by Gasteiger charge is 2.25. The number of aromatic nitrogens is 1. The van der Waals surface area contributed by atoms with E-state index >= 15 is 0 Å². The van der Waals surface area contributed by atoms with Crippen LogP contribution in [-0.2, 0) is 7.05 Å². The van der Waals surface area contributed by atoms with Gasteiger partial charge in [-0.15, -0.1) is 0 Å². The molecule has 5 rings (SSSR count). The molecule has 4 heteroatoms. The van der Waals surface area contributed by atoms with Gasteiger partial charge in [0.15, 0.2) is 5.69 Å². The second kappa shape index (κ2) is 9.05. The molecule has 1 saturated heterocycles. The first kappa shape index (κ1) is 20.6. The van der Waals surface area contributed by atoms with E-state index in [0.29, 0.717) is 0 Å². The largest absolute Gasteiger partial charge is 0.335 e. The molecular weight excluding hydrogens is 398 g/mol. The number of hydrogen-bond donors (Lipinski definition) is 0. The van der Waals surface area contributed by atoms with Crippen LogP contribution >= 0.6 is 11.8 Å². The van der Waals surface area contributed by atoms with Gasteiger partial charge in [-0.25, -0.2) is 0 Å². The van der Waals surface area contributed by atoms with Gasteiger partial charge in [0.2, 0.25) is 5.52 Å². The molecule has 3 aromatic rings. The maximum absolute atomic E-state index is 2.65. The van der Waals surface area contributed by atoms with E-state index in [0.717, 1.165) is 6.54 Å². The molecule has 3 heterocycles. The Hall–Kier alpha value is -2.30. The van der Waals surface area contributed by atoms with E-state index in [1.54, 1.807) is 0 Å². The average molecular weight is 431 g/mol. The van der Waals surface area contributed by atoms with Gasteiger partial charge >= 0.3 is 0 Å². The molecule has 1 aromatic heterocycles. The lowest BCUT2D eigenvalue weighted by Crippen LogP contribution is -2.33. The number of anilines is 1. The SMILES string of the molecule is Cc1cc(/C=C2\Sc3ccccc3N2CCCN2CCCCC2)c2ccccc2[n+]1C. The lowest BCUT2D eigenvalue weighted by molar-refractivity contribution is -0.651. The summed E-state index contributed by atoms with van der Waals surface area (Å²) in [4.78, 5) is 6.56. The van der Waals surface area contributed by atoms with E-state index in [1.165, 1.54) is 83.1 Å². The zero-order valence-corrected chi connectivity index (χ0v) is 19.5. The van der Waals surface area contributed by atoms with Gasteiger partial charge < -0.3 is 9.80 Å². The molecule has 0 spiro atoms. The molecule has 0 bridgehead atoms. The minimum atomic E-state index is 1.07. The van der Waals surface area contributed by atoms with Crippen molar-refractivity contribution in [3.05, 3.63) is 70.9 Å². The smallest absolute Gasteiger partial charge is 0.213 e. The first-order chi connectivity index (χ1) is 15.2. The molecule has 160 valence electrons. The number of para-hydroxylation sites is 2. The van der Waals surface area contributed by atoms with Gasteiger partial charge in [0, 0.05) is 30.5 Å². The van der Waals surface area contributed by atoms with Crippen molar-refractivity contribution in [2.45, 2.75) is 37.5 Å². The van der Waals surface area contributed by atoms with Crippen LogP contribution < -0.4 is 9.47 Å². The summed E-state index contributed by atoms with van der Waals surface area (Å²) in [6.45, 7) is 7.03. The van der Waals surface area contributed by atoms with Gasteiger partial charge in [-0.1, -0.05) is 42.4 Å². The van der Waals surface area contributed by atoms with Crippen LogP contribution in [0.4, 0.5) is 5.69 Å². The van der Waals surface area contributed by atoms with E-state index in [2.05, 4.69) is 89.0 Å². The Morgan fingerprint density at radius 3 is 2.61 bits per heavy atom. The number of piperidine rings is 1. The highest BCUT2D eigenvalue weighted by molar-refractivity contribution is 8.03. The maximum Gasteiger partial charge on any atom is 0.213 e. The molecule has 31 heavy (non-hydrogen) atoms. The Morgan fingerprint density at radius 2 is 1.74 bits per heavy atom. The van der Waals surface area contributed by atoms with E-state index in [1.807, 2.05) is 11.8 Å². The Bertz CT molecular complexity index is 1110. The molecule has 0 unspecified atom stereocenters. The van der Waals surface area contributed by atoms with Crippen LogP contribution in [0.2, 0.25) is 0 Å². The molecule has 0 radical (unpaired) electrons. The van der Waals surface area contributed by atoms with Crippen LogP contribution in [0.15, 0.2) is 64.5 Å². The van der Waals surface area contributed by atoms with Crippen molar-refractivity contribution in [2.75, 3.05) is 31.1 Å². The highest BCUT2D eigenvalue weighted by Crippen LogP contribution is 2.46. The number of aryl methyl sites for hydroxylation is 2. The fourth-order valence-electron chi connectivity index (χ4n) is 4.88. The summed E-state index contributed by atoms with van der Waals surface area (Å²) in [6.07, 6.45) is 7.75. The van der Waals surface area contributed by atoms with E-state index in [4.69, 9.17) is 0 Å². The van der Waals surface area contributed by atoms with Crippen molar-refractivity contribution in [1.82, 2.24) is 4.90 Å². The van der Waals surface area contributed by atoms with Gasteiger partial charge in [-0.3, -0.25) is 0 Å². The third kappa shape index (κ3) is 4.24. The zero-order valence-electron chi connectivity index (χ0n) is 18.7. The maximum atomic E-state index is 2.65. The summed E-state index contributed by atoms with van der Waals surface area (Å²) in [5, 5.41) is 2.66. The molecule has 1 fully saturated rings. The second-order valence-corrected chi connectivity index (χ2v) is 9.84. The fourth-order valence-corrected chi connectivity index (χ4v) is 6.02. The van der Waals surface area contributed by atoms with Crippen molar-refractivity contribution in [1.29, 1.82) is 0 Å². The molecule has 3 nitrogen and oxygen atoms in total. The van der Waals surface area contributed by atoms with Crippen LogP contribution in [0, 0.1) is 6.92 Å². The Morgan fingerprint density at radius 1 is 0.968 bits per heavy atom. The molecule has 2 aliphatic heterocycles. The van der Waals surface area contributed by atoms with Crippen molar-refractivity contribution in [3.8, 4) is 0 Å². The van der Waals surface area contributed by atoms with Crippen molar-refractivity contribution >= 4 is 34.4 Å². The number of thioether (sulfide) groups is 1. The minimum absolute atomic E-state index is 1.07. The van der Waals surface area contributed by atoms with Crippen LogP contribution in [-0.4, -0.2) is 31.1 Å². The summed E-state index contributed by atoms with van der Waals surface area (Å²) in [5.41, 5.74) is 5.23. The fraction of sp³-hybridized carbons (Fsp3) is 0.370. The van der Waals surface area contributed by atoms with Crippen molar-refractivity contribution in [3.63, 3.8) is 0 Å². The molecule has 2 aliphatic rings. The van der Waals surface area contributed by atoms with Gasteiger partial charge in [-0.05, 0) is 68.7 Å². The molecule has 0 atom stereocenters. The molecule has 2 aromatic carbocycles. The predicted octanol–water partition coefficient (Wildman–Crippen LogP) is 5.76. The predicted molar refractivity (Wildman–Crippen MR) is 132 cm³/mol. The molecule has 0 amide bonds. The minimum Gasteiger partial charge on any atom is -0.335 e. The van der Waals surface area contributed by atoms with Crippen molar-refractivity contribution < 1.29 is 4.57 Å². The number of likely N-dealkylation sites (tertiary alicyclic amines) is 1. The number of rotatable bonds is 5. The van der Waals surface area contributed by atoms with Crippen LogP contribution in [0.25, 0.3) is 17.0 Å². The summed E-state index contributed by atoms with van der Waals surface area (Å²) >= 11 is 1.91. The molecule has 0 aliphatic carbocycles. The van der Waals surface area contributed by atoms with E-state index in [9.17, 15) is 0 Å².